The number of halogens is 1. The molecule has 0 radical (unpaired) electrons. The fraction of sp³-hybridized carbons (Fsp3) is 0.259. The van der Waals surface area contributed by atoms with Crippen LogP contribution < -0.4 is 15.4 Å². The lowest BCUT2D eigenvalue weighted by atomic mass is 9.97. The second-order valence-corrected chi connectivity index (χ2v) is 8.40. The Hall–Kier alpha value is -3.87. The summed E-state index contributed by atoms with van der Waals surface area (Å²) in [7, 11) is 0. The number of likely N-dealkylation sites (tertiary alicyclic amines) is 1. The third-order valence-corrected chi connectivity index (χ3v) is 5.79. The molecule has 1 unspecified atom stereocenters. The van der Waals surface area contributed by atoms with Crippen LogP contribution in [0.1, 0.15) is 28.8 Å². The van der Waals surface area contributed by atoms with Crippen LogP contribution in [0.2, 0.25) is 0 Å². The minimum Gasteiger partial charge on any atom is -0.489 e. The minimum absolute atomic E-state index is 0.00978. The number of anilines is 1. The average molecular weight is 462 g/mol. The number of piperidine rings is 1. The summed E-state index contributed by atoms with van der Waals surface area (Å²) in [6, 6.07) is 22.5. The van der Waals surface area contributed by atoms with Gasteiger partial charge in [0, 0.05) is 30.9 Å². The highest BCUT2D eigenvalue weighted by atomic mass is 19.1. The van der Waals surface area contributed by atoms with Crippen LogP contribution in [-0.4, -0.2) is 36.5 Å². The zero-order valence-corrected chi connectivity index (χ0v) is 18.9. The maximum Gasteiger partial charge on any atom is 0.319 e. The smallest absolute Gasteiger partial charge is 0.319 e. The lowest BCUT2D eigenvalue weighted by Crippen LogP contribution is -2.44. The molecule has 1 saturated heterocycles. The number of ether oxygens (including phenoxy) is 1. The number of nitrogens with zero attached hydrogens (tertiary/aromatic N) is 1. The van der Waals surface area contributed by atoms with Gasteiger partial charge in [0.1, 0.15) is 18.2 Å². The highest BCUT2D eigenvalue weighted by Crippen LogP contribution is 2.19. The third kappa shape index (κ3) is 6.57. The maximum atomic E-state index is 13.3. The molecular weight excluding hydrogens is 433 g/mol. The zero-order valence-electron chi connectivity index (χ0n) is 18.9. The van der Waals surface area contributed by atoms with E-state index in [1.165, 1.54) is 12.1 Å². The van der Waals surface area contributed by atoms with Crippen LogP contribution in [0.3, 0.4) is 0 Å². The molecule has 1 atom stereocenters. The predicted molar refractivity (Wildman–Crippen MR) is 129 cm³/mol. The molecule has 3 aromatic carbocycles. The molecular formula is C27H28FN3O3. The van der Waals surface area contributed by atoms with E-state index in [9.17, 15) is 14.0 Å². The highest BCUT2D eigenvalue weighted by Gasteiger charge is 2.24. The Balaban J connectivity index is 1.25. The molecule has 0 aromatic heterocycles. The Kier molecular flexibility index (Phi) is 7.75. The fourth-order valence-corrected chi connectivity index (χ4v) is 4.00. The third-order valence-electron chi connectivity index (χ3n) is 5.79. The monoisotopic (exact) mass is 461 g/mol. The standard InChI is InChI=1S/C27H28FN3O3/c28-23-7-4-8-24(16-23)30-27(33)29-17-21-6-5-15-31(18-21)26(32)22-13-11-20(12-14-22)19-34-25-9-2-1-3-10-25/h1-4,7-14,16,21H,5-6,15,17-19H2,(H2,29,30,33). The molecule has 34 heavy (non-hydrogen) atoms. The van der Waals surface area contributed by atoms with Gasteiger partial charge in [-0.3, -0.25) is 4.79 Å². The van der Waals surface area contributed by atoms with Crippen LogP contribution in [0.25, 0.3) is 0 Å². The van der Waals surface area contributed by atoms with Gasteiger partial charge in [-0.1, -0.05) is 36.4 Å². The van der Waals surface area contributed by atoms with Crippen molar-refractivity contribution in [3.63, 3.8) is 0 Å². The molecule has 0 bridgehead atoms. The van der Waals surface area contributed by atoms with E-state index in [2.05, 4.69) is 10.6 Å². The van der Waals surface area contributed by atoms with Gasteiger partial charge in [0.15, 0.2) is 0 Å². The summed E-state index contributed by atoms with van der Waals surface area (Å²) in [5.74, 6) is 0.551. The van der Waals surface area contributed by atoms with E-state index >= 15 is 0 Å². The Bertz CT molecular complexity index is 1110. The molecule has 3 amide bonds. The Morgan fingerprint density at radius 1 is 1.00 bits per heavy atom. The van der Waals surface area contributed by atoms with Crippen molar-refractivity contribution in [3.8, 4) is 5.75 Å². The molecule has 7 heteroatoms. The Morgan fingerprint density at radius 3 is 2.56 bits per heavy atom. The number of hydrogen-bond donors (Lipinski definition) is 2. The minimum atomic E-state index is -0.406. The molecule has 0 spiro atoms. The molecule has 2 N–H and O–H groups in total. The topological polar surface area (TPSA) is 70.7 Å². The zero-order chi connectivity index (χ0) is 23.8. The van der Waals surface area contributed by atoms with Gasteiger partial charge in [-0.05, 0) is 66.8 Å². The van der Waals surface area contributed by atoms with Crippen molar-refractivity contribution in [2.24, 2.45) is 5.92 Å². The summed E-state index contributed by atoms with van der Waals surface area (Å²) in [5, 5.41) is 5.46. The summed E-state index contributed by atoms with van der Waals surface area (Å²) in [6.07, 6.45) is 1.81. The molecule has 4 rings (SSSR count). The normalized spacial score (nSPS) is 15.4. The van der Waals surface area contributed by atoms with E-state index in [0.29, 0.717) is 37.5 Å². The summed E-state index contributed by atoms with van der Waals surface area (Å²) in [6.45, 7) is 2.16. The van der Waals surface area contributed by atoms with Gasteiger partial charge in [0.05, 0.1) is 0 Å². The highest BCUT2D eigenvalue weighted by molar-refractivity contribution is 5.94. The molecule has 3 aromatic rings. The molecule has 6 nitrogen and oxygen atoms in total. The quantitative estimate of drug-likeness (QED) is 0.516. The van der Waals surface area contributed by atoms with Crippen LogP contribution in [-0.2, 0) is 6.61 Å². The lowest BCUT2D eigenvalue weighted by molar-refractivity contribution is 0.0675. The Morgan fingerprint density at radius 2 is 1.79 bits per heavy atom. The van der Waals surface area contributed by atoms with Gasteiger partial charge in [-0.2, -0.15) is 0 Å². The first-order valence-electron chi connectivity index (χ1n) is 11.4. The number of hydrogen-bond acceptors (Lipinski definition) is 3. The lowest BCUT2D eigenvalue weighted by Gasteiger charge is -2.33. The molecule has 1 heterocycles. The molecule has 0 saturated carbocycles. The fourth-order valence-electron chi connectivity index (χ4n) is 4.00. The molecule has 176 valence electrons. The molecule has 0 aliphatic carbocycles. The first-order valence-corrected chi connectivity index (χ1v) is 11.4. The second-order valence-electron chi connectivity index (χ2n) is 8.40. The SMILES string of the molecule is O=C(NCC1CCCN(C(=O)c2ccc(COc3ccccc3)cc2)C1)Nc1cccc(F)c1. The van der Waals surface area contributed by atoms with E-state index in [-0.39, 0.29) is 17.9 Å². The molecule has 1 aliphatic heterocycles. The van der Waals surface area contributed by atoms with Gasteiger partial charge >= 0.3 is 6.03 Å². The van der Waals surface area contributed by atoms with E-state index in [0.717, 1.165) is 24.2 Å². The first kappa shape index (κ1) is 23.3. The van der Waals surface area contributed by atoms with Crippen molar-refractivity contribution in [2.75, 3.05) is 25.0 Å². The van der Waals surface area contributed by atoms with Crippen molar-refractivity contribution >= 4 is 17.6 Å². The van der Waals surface area contributed by atoms with Gasteiger partial charge in [-0.15, -0.1) is 0 Å². The largest absolute Gasteiger partial charge is 0.489 e. The molecule has 1 fully saturated rings. The number of urea groups is 1. The number of rotatable bonds is 7. The van der Waals surface area contributed by atoms with Crippen molar-refractivity contribution < 1.29 is 18.7 Å². The van der Waals surface area contributed by atoms with Crippen LogP contribution in [0.15, 0.2) is 78.9 Å². The van der Waals surface area contributed by atoms with Crippen LogP contribution in [0.5, 0.6) is 5.75 Å². The predicted octanol–water partition coefficient (Wildman–Crippen LogP) is 5.08. The van der Waals surface area contributed by atoms with E-state index in [4.69, 9.17) is 4.74 Å². The first-order chi connectivity index (χ1) is 16.6. The van der Waals surface area contributed by atoms with Crippen LogP contribution in [0.4, 0.5) is 14.9 Å². The van der Waals surface area contributed by atoms with Crippen LogP contribution in [0, 0.1) is 11.7 Å². The van der Waals surface area contributed by atoms with Gasteiger partial charge < -0.3 is 20.3 Å². The number of carbonyl (C=O) groups is 2. The number of amides is 3. The van der Waals surface area contributed by atoms with E-state index < -0.39 is 5.82 Å². The number of nitrogens with one attached hydrogen (secondary N) is 2. The number of benzene rings is 3. The summed E-state index contributed by atoms with van der Waals surface area (Å²) in [4.78, 5) is 27.0. The van der Waals surface area contributed by atoms with Crippen LogP contribution >= 0.6 is 0 Å². The average Bonchev–Trinajstić information content (AvgIpc) is 2.87. The van der Waals surface area contributed by atoms with Crippen molar-refractivity contribution in [3.05, 3.63) is 95.8 Å². The summed E-state index contributed by atoms with van der Waals surface area (Å²) >= 11 is 0. The van der Waals surface area contributed by atoms with Gasteiger partial charge in [0.25, 0.3) is 5.91 Å². The maximum absolute atomic E-state index is 13.3. The van der Waals surface area contributed by atoms with Gasteiger partial charge in [0.2, 0.25) is 0 Å². The Labute approximate surface area is 198 Å². The van der Waals surface area contributed by atoms with Crippen molar-refractivity contribution in [2.45, 2.75) is 19.4 Å². The van der Waals surface area contributed by atoms with Crippen molar-refractivity contribution in [1.29, 1.82) is 0 Å². The number of carbonyl (C=O) groups excluding carboxylic acids is 2. The summed E-state index contributed by atoms with van der Waals surface area (Å²) < 4.78 is 19.0. The second kappa shape index (κ2) is 11.3. The van der Waals surface area contributed by atoms with Gasteiger partial charge in [-0.25, -0.2) is 9.18 Å². The number of para-hydroxylation sites is 1. The van der Waals surface area contributed by atoms with E-state index in [1.54, 1.807) is 12.1 Å². The molecule has 1 aliphatic rings. The van der Waals surface area contributed by atoms with E-state index in [1.807, 2.05) is 59.5 Å². The van der Waals surface area contributed by atoms with Crippen molar-refractivity contribution in [1.82, 2.24) is 10.2 Å². The summed E-state index contributed by atoms with van der Waals surface area (Å²) in [5.41, 5.74) is 2.03.